The zero-order chi connectivity index (χ0) is 22.2. The first-order valence-corrected chi connectivity index (χ1v) is 11.0. The largest absolute Gasteiger partial charge is 0.493 e. The summed E-state index contributed by atoms with van der Waals surface area (Å²) in [6, 6.07) is 10.4. The summed E-state index contributed by atoms with van der Waals surface area (Å²) < 4.78 is 16.7. The van der Waals surface area contributed by atoms with E-state index in [-0.39, 0.29) is 30.0 Å². The van der Waals surface area contributed by atoms with Crippen molar-refractivity contribution < 1.29 is 13.9 Å². The van der Waals surface area contributed by atoms with Crippen LogP contribution in [0.25, 0.3) is 0 Å². The van der Waals surface area contributed by atoms with Crippen molar-refractivity contribution >= 4 is 29.9 Å². The molecular weight excluding hydrogens is 519 g/mol. The van der Waals surface area contributed by atoms with Gasteiger partial charge in [-0.3, -0.25) is 9.89 Å². The summed E-state index contributed by atoms with van der Waals surface area (Å²) in [6.45, 7) is 5.82. The number of benzene rings is 1. The number of methoxy groups -OCH3 is 2. The molecule has 1 atom stereocenters. The first-order chi connectivity index (χ1) is 15.0. The van der Waals surface area contributed by atoms with E-state index in [2.05, 4.69) is 39.3 Å². The van der Waals surface area contributed by atoms with Crippen LogP contribution in [-0.4, -0.2) is 70.3 Å². The van der Waals surface area contributed by atoms with Gasteiger partial charge < -0.3 is 24.1 Å². The zero-order valence-corrected chi connectivity index (χ0v) is 22.2. The van der Waals surface area contributed by atoms with Crippen LogP contribution in [0.15, 0.2) is 39.7 Å². The third kappa shape index (κ3) is 6.78. The Morgan fingerprint density at radius 3 is 2.47 bits per heavy atom. The molecule has 1 N–H and O–H groups in total. The Balaban J connectivity index is 0.00000363. The standard InChI is InChI=1S/C24H36N4O3.HI/c1-18-8-10-21(31-18)20(28-13-6-7-14-28)17-26-24(25-2)27(3)15-12-19-9-11-22(29-4)23(16-19)30-5;/h8-11,16,20H,6-7,12-15,17H2,1-5H3,(H,25,26);1H. The topological polar surface area (TPSA) is 62.5 Å². The second-order valence-corrected chi connectivity index (χ2v) is 8.00. The van der Waals surface area contributed by atoms with E-state index in [1.54, 1.807) is 14.2 Å². The van der Waals surface area contributed by atoms with E-state index in [0.29, 0.717) is 0 Å². The smallest absolute Gasteiger partial charge is 0.193 e. The van der Waals surface area contributed by atoms with Gasteiger partial charge in [0, 0.05) is 27.2 Å². The predicted molar refractivity (Wildman–Crippen MR) is 140 cm³/mol. The van der Waals surface area contributed by atoms with Crippen LogP contribution in [0.4, 0.5) is 0 Å². The molecule has 1 aliphatic heterocycles. The fourth-order valence-corrected chi connectivity index (χ4v) is 4.11. The Morgan fingerprint density at radius 1 is 1.16 bits per heavy atom. The molecule has 3 rings (SSSR count). The number of ether oxygens (including phenoxy) is 2. The monoisotopic (exact) mass is 556 g/mol. The molecule has 0 bridgehead atoms. The fraction of sp³-hybridized carbons (Fsp3) is 0.542. The highest BCUT2D eigenvalue weighted by molar-refractivity contribution is 14.0. The Bertz CT molecular complexity index is 865. The van der Waals surface area contributed by atoms with E-state index >= 15 is 0 Å². The SMILES string of the molecule is CN=C(NCC(c1ccc(C)o1)N1CCCC1)N(C)CCc1ccc(OC)c(OC)c1.I. The van der Waals surface area contributed by atoms with Crippen molar-refractivity contribution in [3.05, 3.63) is 47.4 Å². The average Bonchev–Trinajstić information content (AvgIpc) is 3.47. The average molecular weight is 556 g/mol. The van der Waals surface area contributed by atoms with Crippen LogP contribution in [0.1, 0.15) is 36.0 Å². The van der Waals surface area contributed by atoms with E-state index in [4.69, 9.17) is 13.9 Å². The number of nitrogens with one attached hydrogen (secondary N) is 1. The molecule has 1 saturated heterocycles. The summed E-state index contributed by atoms with van der Waals surface area (Å²) >= 11 is 0. The Kier molecular flexibility index (Phi) is 10.6. The van der Waals surface area contributed by atoms with E-state index < -0.39 is 0 Å². The third-order valence-electron chi connectivity index (χ3n) is 5.88. The number of halogens is 1. The number of hydrogen-bond donors (Lipinski definition) is 1. The number of guanidine groups is 1. The molecule has 1 aliphatic rings. The van der Waals surface area contributed by atoms with Crippen molar-refractivity contribution in [2.75, 3.05) is 54.5 Å². The molecule has 0 saturated carbocycles. The second kappa shape index (κ2) is 12.9. The van der Waals surface area contributed by atoms with Gasteiger partial charge in [0.05, 0.1) is 20.3 Å². The maximum absolute atomic E-state index is 5.97. The quantitative estimate of drug-likeness (QED) is 0.285. The van der Waals surface area contributed by atoms with Crippen LogP contribution in [0.2, 0.25) is 0 Å². The number of aryl methyl sites for hydroxylation is 1. The Morgan fingerprint density at radius 2 is 1.88 bits per heavy atom. The van der Waals surface area contributed by atoms with Crippen molar-refractivity contribution in [2.24, 2.45) is 4.99 Å². The van der Waals surface area contributed by atoms with Gasteiger partial charge in [-0.25, -0.2) is 0 Å². The number of rotatable bonds is 9. The number of aliphatic imine (C=N–C) groups is 1. The van der Waals surface area contributed by atoms with Gasteiger partial charge in [-0.2, -0.15) is 0 Å². The number of hydrogen-bond acceptors (Lipinski definition) is 5. The first kappa shape index (κ1) is 26.3. The lowest BCUT2D eigenvalue weighted by Crippen LogP contribution is -2.44. The van der Waals surface area contributed by atoms with Crippen LogP contribution >= 0.6 is 24.0 Å². The van der Waals surface area contributed by atoms with Gasteiger partial charge in [0.25, 0.3) is 0 Å². The van der Waals surface area contributed by atoms with Crippen LogP contribution in [0.3, 0.4) is 0 Å². The lowest BCUT2D eigenvalue weighted by Gasteiger charge is -2.29. The molecule has 2 aromatic rings. The fourth-order valence-electron chi connectivity index (χ4n) is 4.11. The van der Waals surface area contributed by atoms with Gasteiger partial charge in [-0.1, -0.05) is 6.07 Å². The molecule has 1 aromatic heterocycles. The van der Waals surface area contributed by atoms with Gasteiger partial charge in [0.2, 0.25) is 0 Å². The summed E-state index contributed by atoms with van der Waals surface area (Å²) in [4.78, 5) is 9.16. The maximum atomic E-state index is 5.97. The number of likely N-dealkylation sites (N-methyl/N-ethyl adjacent to an activating group) is 1. The van der Waals surface area contributed by atoms with Crippen LogP contribution < -0.4 is 14.8 Å². The minimum atomic E-state index is 0. The molecule has 32 heavy (non-hydrogen) atoms. The molecular formula is C24H37IN4O3. The van der Waals surface area contributed by atoms with Crippen molar-refractivity contribution in [3.63, 3.8) is 0 Å². The van der Waals surface area contributed by atoms with E-state index in [9.17, 15) is 0 Å². The van der Waals surface area contributed by atoms with Crippen molar-refractivity contribution in [2.45, 2.75) is 32.2 Å². The van der Waals surface area contributed by atoms with Crippen LogP contribution in [-0.2, 0) is 6.42 Å². The molecule has 0 spiro atoms. The van der Waals surface area contributed by atoms with Crippen molar-refractivity contribution in [3.8, 4) is 11.5 Å². The molecule has 7 nitrogen and oxygen atoms in total. The van der Waals surface area contributed by atoms with Gasteiger partial charge >= 0.3 is 0 Å². The van der Waals surface area contributed by atoms with Crippen LogP contribution in [0.5, 0.6) is 11.5 Å². The first-order valence-electron chi connectivity index (χ1n) is 11.0. The molecule has 1 aromatic carbocycles. The van der Waals surface area contributed by atoms with Gasteiger partial charge in [-0.05, 0) is 69.1 Å². The highest BCUT2D eigenvalue weighted by Crippen LogP contribution is 2.28. The molecule has 1 unspecified atom stereocenters. The third-order valence-corrected chi connectivity index (χ3v) is 5.88. The predicted octanol–water partition coefficient (Wildman–Crippen LogP) is 4.11. The van der Waals surface area contributed by atoms with E-state index in [1.165, 1.54) is 18.4 Å². The molecule has 1 fully saturated rings. The normalized spacial score (nSPS) is 15.2. The summed E-state index contributed by atoms with van der Waals surface area (Å²) in [5, 5.41) is 3.56. The summed E-state index contributed by atoms with van der Waals surface area (Å²) in [5.74, 6) is 4.37. The minimum absolute atomic E-state index is 0. The number of nitrogens with zero attached hydrogens (tertiary/aromatic N) is 3. The molecule has 0 aliphatic carbocycles. The minimum Gasteiger partial charge on any atom is -0.493 e. The van der Waals surface area contributed by atoms with Crippen molar-refractivity contribution in [1.29, 1.82) is 0 Å². The summed E-state index contributed by atoms with van der Waals surface area (Å²) in [6.07, 6.45) is 3.37. The molecule has 8 heteroatoms. The number of furan rings is 1. The van der Waals surface area contributed by atoms with E-state index in [1.807, 2.05) is 32.2 Å². The van der Waals surface area contributed by atoms with Gasteiger partial charge in [0.1, 0.15) is 11.5 Å². The molecule has 178 valence electrons. The lowest BCUT2D eigenvalue weighted by molar-refractivity contribution is 0.212. The molecule has 2 heterocycles. The second-order valence-electron chi connectivity index (χ2n) is 8.00. The summed E-state index contributed by atoms with van der Waals surface area (Å²) in [5.41, 5.74) is 1.20. The maximum Gasteiger partial charge on any atom is 0.193 e. The van der Waals surface area contributed by atoms with Crippen LogP contribution in [0, 0.1) is 6.92 Å². The van der Waals surface area contributed by atoms with Gasteiger partial charge in [-0.15, -0.1) is 24.0 Å². The summed E-state index contributed by atoms with van der Waals surface area (Å²) in [7, 11) is 7.21. The Labute approximate surface area is 209 Å². The Hall–Kier alpha value is -1.94. The highest BCUT2D eigenvalue weighted by atomic mass is 127. The number of likely N-dealkylation sites (tertiary alicyclic amines) is 1. The lowest BCUT2D eigenvalue weighted by atomic mass is 10.1. The molecule has 0 amide bonds. The van der Waals surface area contributed by atoms with Gasteiger partial charge in [0.15, 0.2) is 17.5 Å². The highest BCUT2D eigenvalue weighted by Gasteiger charge is 2.26. The molecule has 0 radical (unpaired) electrons. The van der Waals surface area contributed by atoms with Crippen molar-refractivity contribution in [1.82, 2.24) is 15.1 Å². The zero-order valence-electron chi connectivity index (χ0n) is 19.9. The van der Waals surface area contributed by atoms with E-state index in [0.717, 1.165) is 61.6 Å².